The normalized spacial score (nSPS) is 23.0. The van der Waals surface area contributed by atoms with E-state index in [1.165, 1.54) is 18.4 Å². The van der Waals surface area contributed by atoms with E-state index >= 15 is 0 Å². The molecule has 1 saturated heterocycles. The lowest BCUT2D eigenvalue weighted by atomic mass is 9.93. The Morgan fingerprint density at radius 3 is 2.84 bits per heavy atom. The first-order valence-electron chi connectivity index (χ1n) is 9.43. The monoisotopic (exact) mass is 346 g/mol. The summed E-state index contributed by atoms with van der Waals surface area (Å²) in [6.07, 6.45) is 4.81. The lowest BCUT2D eigenvalue weighted by Crippen LogP contribution is -2.51. The van der Waals surface area contributed by atoms with E-state index in [1.807, 2.05) is 30.0 Å². The van der Waals surface area contributed by atoms with Crippen LogP contribution in [0.25, 0.3) is 0 Å². The molecule has 1 heterocycles. The van der Waals surface area contributed by atoms with Gasteiger partial charge in [0, 0.05) is 25.0 Å². The Labute approximate surface area is 150 Å². The van der Waals surface area contributed by atoms with Crippen LogP contribution in [0.4, 0.5) is 4.79 Å². The molecule has 5 heteroatoms. The van der Waals surface area contributed by atoms with E-state index in [0.717, 1.165) is 31.6 Å². The molecule has 2 aliphatic rings. The summed E-state index contributed by atoms with van der Waals surface area (Å²) in [5.41, 5.74) is 1.19. The number of carbonyl (C=O) groups is 1. The standard InChI is InChI=1S/C20H30N2O3/c1-14(23)17-6-4-10-22(13-17)20(24)21-19(16-8-9-16)12-15-5-3-7-18(11-15)25-2/h3,5,7,11,14,16-17,19,23H,4,6,8-10,12-13H2,1-2H3,(H,21,24). The molecule has 1 aliphatic heterocycles. The van der Waals surface area contributed by atoms with Crippen molar-refractivity contribution < 1.29 is 14.6 Å². The van der Waals surface area contributed by atoms with Crippen molar-refractivity contribution in [1.29, 1.82) is 0 Å². The Morgan fingerprint density at radius 1 is 1.36 bits per heavy atom. The zero-order valence-corrected chi connectivity index (χ0v) is 15.3. The van der Waals surface area contributed by atoms with Gasteiger partial charge in [-0.15, -0.1) is 0 Å². The molecule has 3 rings (SSSR count). The Kier molecular flexibility index (Phi) is 5.84. The zero-order valence-electron chi connectivity index (χ0n) is 15.3. The molecule has 25 heavy (non-hydrogen) atoms. The maximum atomic E-state index is 12.7. The van der Waals surface area contributed by atoms with Crippen LogP contribution in [0.5, 0.6) is 5.75 Å². The molecule has 3 unspecified atom stereocenters. The highest BCUT2D eigenvalue weighted by Crippen LogP contribution is 2.34. The summed E-state index contributed by atoms with van der Waals surface area (Å²) in [4.78, 5) is 14.6. The Hall–Kier alpha value is -1.75. The third-order valence-electron chi connectivity index (χ3n) is 5.52. The van der Waals surface area contributed by atoms with Gasteiger partial charge in [0.1, 0.15) is 5.75 Å². The number of hydrogen-bond donors (Lipinski definition) is 2. The molecule has 0 spiro atoms. The summed E-state index contributed by atoms with van der Waals surface area (Å²) in [5.74, 6) is 1.62. The molecule has 1 aromatic rings. The molecular weight excluding hydrogens is 316 g/mol. The number of urea groups is 1. The van der Waals surface area contributed by atoms with E-state index in [2.05, 4.69) is 11.4 Å². The number of amides is 2. The van der Waals surface area contributed by atoms with Gasteiger partial charge in [-0.1, -0.05) is 12.1 Å². The lowest BCUT2D eigenvalue weighted by Gasteiger charge is -2.35. The average Bonchev–Trinajstić information content (AvgIpc) is 3.46. The van der Waals surface area contributed by atoms with Gasteiger partial charge in [0.05, 0.1) is 13.2 Å². The molecule has 0 bridgehead atoms. The first-order valence-corrected chi connectivity index (χ1v) is 9.43. The van der Waals surface area contributed by atoms with Crippen molar-refractivity contribution in [3.8, 4) is 5.75 Å². The van der Waals surface area contributed by atoms with E-state index in [-0.39, 0.29) is 24.1 Å². The van der Waals surface area contributed by atoms with Gasteiger partial charge in [0.2, 0.25) is 0 Å². The number of methoxy groups -OCH3 is 1. The Morgan fingerprint density at radius 2 is 2.16 bits per heavy atom. The van der Waals surface area contributed by atoms with Gasteiger partial charge < -0.3 is 20.1 Å². The highest BCUT2D eigenvalue weighted by Gasteiger charge is 2.34. The molecule has 138 valence electrons. The molecule has 2 amide bonds. The van der Waals surface area contributed by atoms with E-state index in [9.17, 15) is 9.90 Å². The van der Waals surface area contributed by atoms with Crippen molar-refractivity contribution in [2.24, 2.45) is 11.8 Å². The molecule has 5 nitrogen and oxygen atoms in total. The average molecular weight is 346 g/mol. The predicted molar refractivity (Wildman–Crippen MR) is 97.7 cm³/mol. The number of rotatable bonds is 6. The van der Waals surface area contributed by atoms with Crippen LogP contribution in [0.3, 0.4) is 0 Å². The number of nitrogens with one attached hydrogen (secondary N) is 1. The summed E-state index contributed by atoms with van der Waals surface area (Å²) < 4.78 is 5.30. The SMILES string of the molecule is COc1cccc(CC(NC(=O)N2CCCC(C(C)O)C2)C2CC2)c1. The van der Waals surface area contributed by atoms with E-state index in [0.29, 0.717) is 12.5 Å². The van der Waals surface area contributed by atoms with Crippen LogP contribution < -0.4 is 10.1 Å². The van der Waals surface area contributed by atoms with Crippen molar-refractivity contribution in [2.45, 2.75) is 51.2 Å². The minimum atomic E-state index is -0.355. The summed E-state index contributed by atoms with van der Waals surface area (Å²) in [5, 5.41) is 13.1. The lowest BCUT2D eigenvalue weighted by molar-refractivity contribution is 0.0731. The minimum absolute atomic E-state index is 0.0187. The third-order valence-corrected chi connectivity index (χ3v) is 5.52. The maximum absolute atomic E-state index is 12.7. The van der Waals surface area contributed by atoms with Gasteiger partial charge >= 0.3 is 6.03 Å². The maximum Gasteiger partial charge on any atom is 0.317 e. The largest absolute Gasteiger partial charge is 0.497 e. The first-order chi connectivity index (χ1) is 12.1. The van der Waals surface area contributed by atoms with E-state index in [1.54, 1.807) is 7.11 Å². The predicted octanol–water partition coefficient (Wildman–Crippen LogP) is 2.82. The van der Waals surface area contributed by atoms with Gasteiger partial charge in [-0.3, -0.25) is 0 Å². The number of benzene rings is 1. The zero-order chi connectivity index (χ0) is 17.8. The molecule has 3 atom stereocenters. The molecule has 1 aliphatic carbocycles. The van der Waals surface area contributed by atoms with Gasteiger partial charge in [0.25, 0.3) is 0 Å². The number of ether oxygens (including phenoxy) is 1. The molecule has 2 fully saturated rings. The Balaban J connectivity index is 1.60. The number of nitrogens with zero attached hydrogens (tertiary/aromatic N) is 1. The molecular formula is C20H30N2O3. The quantitative estimate of drug-likeness (QED) is 0.833. The fourth-order valence-corrected chi connectivity index (χ4v) is 3.73. The molecule has 0 radical (unpaired) electrons. The summed E-state index contributed by atoms with van der Waals surface area (Å²) in [6, 6.07) is 8.27. The second kappa shape index (κ2) is 8.09. The van der Waals surface area contributed by atoms with Gasteiger partial charge in [0.15, 0.2) is 0 Å². The topological polar surface area (TPSA) is 61.8 Å². The van der Waals surface area contributed by atoms with Crippen molar-refractivity contribution >= 4 is 6.03 Å². The van der Waals surface area contributed by atoms with Crippen LogP contribution in [0.15, 0.2) is 24.3 Å². The van der Waals surface area contributed by atoms with Crippen LogP contribution in [0.1, 0.15) is 38.2 Å². The molecule has 2 N–H and O–H groups in total. The first kappa shape index (κ1) is 18.1. The van der Waals surface area contributed by atoms with Crippen LogP contribution >= 0.6 is 0 Å². The summed E-state index contributed by atoms with van der Waals surface area (Å²) in [6.45, 7) is 3.26. The summed E-state index contributed by atoms with van der Waals surface area (Å²) >= 11 is 0. The number of piperidine rings is 1. The van der Waals surface area contributed by atoms with Crippen molar-refractivity contribution in [2.75, 3.05) is 20.2 Å². The smallest absolute Gasteiger partial charge is 0.317 e. The number of carbonyl (C=O) groups excluding carboxylic acids is 1. The second-order valence-corrected chi connectivity index (χ2v) is 7.54. The van der Waals surface area contributed by atoms with Gasteiger partial charge in [-0.2, -0.15) is 0 Å². The second-order valence-electron chi connectivity index (χ2n) is 7.54. The molecule has 0 aromatic heterocycles. The van der Waals surface area contributed by atoms with Crippen LogP contribution in [-0.2, 0) is 6.42 Å². The highest BCUT2D eigenvalue weighted by molar-refractivity contribution is 5.74. The van der Waals surface area contributed by atoms with Crippen molar-refractivity contribution in [3.63, 3.8) is 0 Å². The van der Waals surface area contributed by atoms with E-state index < -0.39 is 0 Å². The number of aliphatic hydroxyl groups is 1. The summed E-state index contributed by atoms with van der Waals surface area (Å²) in [7, 11) is 1.67. The fraction of sp³-hybridized carbons (Fsp3) is 0.650. The third kappa shape index (κ3) is 4.88. The Bertz CT molecular complexity index is 586. The number of aliphatic hydroxyl groups excluding tert-OH is 1. The van der Waals surface area contributed by atoms with E-state index in [4.69, 9.17) is 4.74 Å². The minimum Gasteiger partial charge on any atom is -0.497 e. The number of likely N-dealkylation sites (tertiary alicyclic amines) is 1. The molecule has 1 aromatic carbocycles. The molecule has 1 saturated carbocycles. The van der Waals surface area contributed by atoms with Crippen LogP contribution in [-0.4, -0.2) is 48.4 Å². The fourth-order valence-electron chi connectivity index (χ4n) is 3.73. The van der Waals surface area contributed by atoms with Crippen LogP contribution in [0.2, 0.25) is 0 Å². The highest BCUT2D eigenvalue weighted by atomic mass is 16.5. The van der Waals surface area contributed by atoms with Crippen molar-refractivity contribution in [1.82, 2.24) is 10.2 Å². The van der Waals surface area contributed by atoms with Gasteiger partial charge in [-0.25, -0.2) is 4.79 Å². The van der Waals surface area contributed by atoms with Gasteiger partial charge in [-0.05, 0) is 62.6 Å². The van der Waals surface area contributed by atoms with Crippen LogP contribution in [0, 0.1) is 11.8 Å². The number of hydrogen-bond acceptors (Lipinski definition) is 3. The van der Waals surface area contributed by atoms with Crippen molar-refractivity contribution in [3.05, 3.63) is 29.8 Å².